The zero-order valence-electron chi connectivity index (χ0n) is 25.7. The second-order valence-corrected chi connectivity index (χ2v) is 15.7. The standard InChI is InChI=1S/C20H19N5S.C13H12ClN5O2S/c1-2-4-15(5-3-1)14-26-20-13-25(23-22-20)12-18-11-24-10-17(16-6-7-16)8-9-19(24)21-18;14-22(20,21)13-8-19(17-16-13)7-11-6-18-5-10(9-1-2-9)3-4-12(18)15-11/h1-5,8-11,13,16H,6-7,12,14H2;3-6,8-9H,1-2,7H2. The average molecular weight is 699 g/mol. The fourth-order valence-electron chi connectivity index (χ4n) is 5.55. The van der Waals surface area contributed by atoms with Gasteiger partial charge in [0.15, 0.2) is 0 Å². The number of nitrogens with zero attached hydrogens (tertiary/aromatic N) is 10. The SMILES string of the molecule is O=S(=O)(Cl)c1cn(Cc2cn3cc(C4CC4)ccc3n2)nn1.c1ccc(CSc2cn(Cc3cn4cc(C5CC5)ccc4n3)nn2)cc1. The lowest BCUT2D eigenvalue weighted by molar-refractivity contribution is 0.605. The fraction of sp³-hybridized carbons (Fsp3) is 0.273. The molecule has 6 heterocycles. The lowest BCUT2D eigenvalue weighted by Crippen LogP contribution is -2.00. The molecule has 9 rings (SSSR count). The van der Waals surface area contributed by atoms with Crippen molar-refractivity contribution in [3.05, 3.63) is 120 Å². The fourth-order valence-corrected chi connectivity index (χ4v) is 6.94. The van der Waals surface area contributed by atoms with E-state index in [2.05, 4.69) is 91.1 Å². The van der Waals surface area contributed by atoms with Crippen LogP contribution in [0.4, 0.5) is 0 Å². The van der Waals surface area contributed by atoms with Gasteiger partial charge in [-0.25, -0.2) is 27.7 Å². The minimum Gasteiger partial charge on any atom is -0.306 e. The number of aromatic nitrogens is 10. The first kappa shape index (κ1) is 30.8. The molecule has 0 radical (unpaired) electrons. The Morgan fingerprint density at radius 1 is 0.688 bits per heavy atom. The molecule has 0 bridgehead atoms. The van der Waals surface area contributed by atoms with Crippen LogP contribution in [0.25, 0.3) is 11.3 Å². The van der Waals surface area contributed by atoms with Crippen LogP contribution in [0.2, 0.25) is 0 Å². The number of imidazole rings is 2. The highest BCUT2D eigenvalue weighted by molar-refractivity contribution is 8.13. The molecule has 0 amide bonds. The van der Waals surface area contributed by atoms with Crippen molar-refractivity contribution in [2.45, 2.75) is 66.4 Å². The molecule has 0 unspecified atom stereocenters. The van der Waals surface area contributed by atoms with E-state index in [1.165, 1.54) is 53.3 Å². The summed E-state index contributed by atoms with van der Waals surface area (Å²) in [6.07, 6.45) is 16.7. The van der Waals surface area contributed by atoms with Gasteiger partial charge < -0.3 is 8.80 Å². The minimum atomic E-state index is -3.85. The summed E-state index contributed by atoms with van der Waals surface area (Å²) in [7, 11) is 1.37. The van der Waals surface area contributed by atoms with E-state index < -0.39 is 9.05 Å². The van der Waals surface area contributed by atoms with Crippen molar-refractivity contribution in [2.24, 2.45) is 0 Å². The molecule has 7 aromatic rings. The predicted octanol–water partition coefficient (Wildman–Crippen LogP) is 5.92. The molecule has 0 aliphatic heterocycles. The molecular weight excluding hydrogens is 668 g/mol. The Kier molecular flexibility index (Phi) is 8.22. The zero-order chi connectivity index (χ0) is 32.7. The first-order valence-electron chi connectivity index (χ1n) is 15.7. The maximum absolute atomic E-state index is 11.2. The third-order valence-electron chi connectivity index (χ3n) is 8.31. The summed E-state index contributed by atoms with van der Waals surface area (Å²) in [5.41, 5.74) is 7.65. The van der Waals surface area contributed by atoms with Gasteiger partial charge in [0.05, 0.1) is 36.9 Å². The summed E-state index contributed by atoms with van der Waals surface area (Å²) >= 11 is 1.70. The van der Waals surface area contributed by atoms with Crippen molar-refractivity contribution in [1.29, 1.82) is 0 Å². The summed E-state index contributed by atoms with van der Waals surface area (Å²) < 4.78 is 29.7. The summed E-state index contributed by atoms with van der Waals surface area (Å²) in [6, 6.07) is 18.8. The first-order chi connectivity index (χ1) is 23.3. The Bertz CT molecular complexity index is 2320. The third-order valence-corrected chi connectivity index (χ3v) is 10.4. The van der Waals surface area contributed by atoms with Crippen LogP contribution >= 0.6 is 22.4 Å². The highest BCUT2D eigenvalue weighted by Gasteiger charge is 2.24. The van der Waals surface area contributed by atoms with E-state index in [1.807, 2.05) is 33.6 Å². The first-order valence-corrected chi connectivity index (χ1v) is 19.0. The molecule has 0 spiro atoms. The monoisotopic (exact) mass is 698 g/mol. The number of thioether (sulfide) groups is 1. The molecule has 244 valence electrons. The minimum absolute atomic E-state index is 0.256. The van der Waals surface area contributed by atoms with Gasteiger partial charge >= 0.3 is 0 Å². The maximum atomic E-state index is 11.2. The van der Waals surface area contributed by atoms with Crippen molar-refractivity contribution in [3.63, 3.8) is 0 Å². The number of hydrogen-bond acceptors (Lipinski definition) is 9. The van der Waals surface area contributed by atoms with Crippen molar-refractivity contribution in [1.82, 2.24) is 48.8 Å². The van der Waals surface area contributed by atoms with Gasteiger partial charge in [-0.05, 0) is 66.3 Å². The molecule has 1 aromatic carbocycles. The topological polar surface area (TPSA) is 130 Å². The van der Waals surface area contributed by atoms with Gasteiger partial charge in [0.2, 0.25) is 5.03 Å². The Labute approximate surface area is 285 Å². The van der Waals surface area contributed by atoms with Crippen LogP contribution in [0, 0.1) is 0 Å². The molecule has 48 heavy (non-hydrogen) atoms. The van der Waals surface area contributed by atoms with E-state index in [0.717, 1.165) is 39.4 Å². The van der Waals surface area contributed by atoms with E-state index in [1.54, 1.807) is 11.8 Å². The molecule has 0 atom stereocenters. The number of hydrogen-bond donors (Lipinski definition) is 0. The Hall–Kier alpha value is -4.53. The number of benzene rings is 1. The normalized spacial score (nSPS) is 14.8. The summed E-state index contributed by atoms with van der Waals surface area (Å²) in [5, 5.41) is 16.5. The van der Waals surface area contributed by atoms with E-state index in [9.17, 15) is 8.42 Å². The van der Waals surface area contributed by atoms with Crippen LogP contribution in [0.5, 0.6) is 0 Å². The van der Waals surface area contributed by atoms with Crippen molar-refractivity contribution < 1.29 is 8.42 Å². The van der Waals surface area contributed by atoms with E-state index in [-0.39, 0.29) is 5.03 Å². The summed E-state index contributed by atoms with van der Waals surface area (Å²) in [5.74, 6) is 2.34. The molecule has 15 heteroatoms. The molecule has 2 fully saturated rings. The lowest BCUT2D eigenvalue weighted by atomic mass is 10.2. The molecule has 6 aromatic heterocycles. The zero-order valence-corrected chi connectivity index (χ0v) is 28.1. The van der Waals surface area contributed by atoms with E-state index in [4.69, 9.17) is 15.7 Å². The van der Waals surface area contributed by atoms with E-state index >= 15 is 0 Å². The molecular formula is C33H31ClN10O2S2. The molecule has 0 N–H and O–H groups in total. The number of rotatable bonds is 10. The van der Waals surface area contributed by atoms with Crippen LogP contribution in [0.1, 0.15) is 65.6 Å². The second kappa shape index (κ2) is 12.8. The van der Waals surface area contributed by atoms with Gasteiger partial charge in [0.25, 0.3) is 9.05 Å². The van der Waals surface area contributed by atoms with Crippen molar-refractivity contribution in [2.75, 3.05) is 0 Å². The number of halogens is 1. The van der Waals surface area contributed by atoms with Crippen LogP contribution in [0.3, 0.4) is 0 Å². The van der Waals surface area contributed by atoms with Gasteiger partial charge in [-0.2, -0.15) is 0 Å². The van der Waals surface area contributed by atoms with Crippen LogP contribution in [0.15, 0.2) is 102 Å². The number of fused-ring (bicyclic) bond motifs is 2. The lowest BCUT2D eigenvalue weighted by Gasteiger charge is -1.98. The Balaban J connectivity index is 0.000000142. The van der Waals surface area contributed by atoms with Crippen LogP contribution < -0.4 is 0 Å². The third kappa shape index (κ3) is 7.30. The molecule has 2 aliphatic carbocycles. The van der Waals surface area contributed by atoms with Crippen molar-refractivity contribution >= 4 is 42.8 Å². The van der Waals surface area contributed by atoms with Gasteiger partial charge in [0.1, 0.15) is 16.3 Å². The molecule has 0 saturated heterocycles. The highest BCUT2D eigenvalue weighted by Crippen LogP contribution is 2.40. The van der Waals surface area contributed by atoms with Crippen LogP contribution in [-0.4, -0.2) is 57.2 Å². The van der Waals surface area contributed by atoms with Gasteiger partial charge in [-0.1, -0.05) is 64.7 Å². The van der Waals surface area contributed by atoms with Crippen LogP contribution in [-0.2, 0) is 27.9 Å². The molecule has 2 aliphatic rings. The maximum Gasteiger partial charge on any atom is 0.282 e. The van der Waals surface area contributed by atoms with Gasteiger partial charge in [-0.15, -0.1) is 10.2 Å². The summed E-state index contributed by atoms with van der Waals surface area (Å²) in [4.78, 5) is 9.19. The van der Waals surface area contributed by atoms with Gasteiger partial charge in [-0.3, -0.25) is 0 Å². The predicted molar refractivity (Wildman–Crippen MR) is 182 cm³/mol. The number of pyridine rings is 2. The summed E-state index contributed by atoms with van der Waals surface area (Å²) in [6.45, 7) is 0.971. The molecule has 12 nitrogen and oxygen atoms in total. The van der Waals surface area contributed by atoms with E-state index in [0.29, 0.717) is 19.0 Å². The highest BCUT2D eigenvalue weighted by atomic mass is 35.7. The largest absolute Gasteiger partial charge is 0.306 e. The second-order valence-electron chi connectivity index (χ2n) is 12.2. The van der Waals surface area contributed by atoms with Gasteiger partial charge in [0, 0.05) is 41.2 Å². The van der Waals surface area contributed by atoms with Crippen molar-refractivity contribution in [3.8, 4) is 0 Å². The molecule has 2 saturated carbocycles. The Morgan fingerprint density at radius 3 is 1.79 bits per heavy atom. The quantitative estimate of drug-likeness (QED) is 0.126. The average Bonchev–Trinajstić information content (AvgIpc) is 3.92. The Morgan fingerprint density at radius 2 is 1.25 bits per heavy atom. The smallest absolute Gasteiger partial charge is 0.282 e.